The van der Waals surface area contributed by atoms with Crippen LogP contribution < -0.4 is 10.6 Å². The van der Waals surface area contributed by atoms with Crippen molar-refractivity contribution in [3.63, 3.8) is 0 Å². The van der Waals surface area contributed by atoms with Crippen LogP contribution in [0.1, 0.15) is 62.5 Å². The third kappa shape index (κ3) is 3.64. The zero-order chi connectivity index (χ0) is 19.1. The first-order valence-electron chi connectivity index (χ1n) is 8.92. The molecule has 0 aliphatic carbocycles. The number of nitrogens with one attached hydrogen (secondary N) is 2. The maximum absolute atomic E-state index is 12.5. The van der Waals surface area contributed by atoms with Gasteiger partial charge in [0.25, 0.3) is 5.91 Å². The lowest BCUT2D eigenvalue weighted by Gasteiger charge is -2.32. The van der Waals surface area contributed by atoms with E-state index in [0.29, 0.717) is 17.7 Å². The molecule has 0 fully saturated rings. The minimum Gasteiger partial charge on any atom is -0.326 e. The molecule has 3 rings (SSSR count). The van der Waals surface area contributed by atoms with E-state index in [2.05, 4.69) is 45.3 Å². The van der Waals surface area contributed by atoms with Gasteiger partial charge in [-0.1, -0.05) is 52.8 Å². The molecule has 2 aromatic rings. The van der Waals surface area contributed by atoms with Crippen molar-refractivity contribution in [1.82, 2.24) is 0 Å². The Morgan fingerprint density at radius 1 is 1.08 bits per heavy atom. The minimum absolute atomic E-state index is 0.00347. The van der Waals surface area contributed by atoms with Crippen LogP contribution in [0.25, 0.3) is 0 Å². The largest absolute Gasteiger partial charge is 0.326 e. The lowest BCUT2D eigenvalue weighted by atomic mass is 9.78. The lowest BCUT2D eigenvalue weighted by Crippen LogP contribution is -2.32. The van der Waals surface area contributed by atoms with Crippen molar-refractivity contribution >= 4 is 23.2 Å². The molecule has 136 valence electrons. The third-order valence-corrected chi connectivity index (χ3v) is 4.90. The number of amides is 2. The molecule has 2 N–H and O–H groups in total. The van der Waals surface area contributed by atoms with Crippen molar-refractivity contribution in [3.05, 3.63) is 59.2 Å². The summed E-state index contributed by atoms with van der Waals surface area (Å²) in [6, 6.07) is 13.4. The minimum atomic E-state index is -0.205. The van der Waals surface area contributed by atoms with Crippen molar-refractivity contribution in [3.8, 4) is 0 Å². The zero-order valence-electron chi connectivity index (χ0n) is 16.1. The average molecular weight is 350 g/mol. The number of anilines is 2. The molecule has 2 aromatic carbocycles. The second-order valence-electron chi connectivity index (χ2n) is 8.65. The van der Waals surface area contributed by atoms with Crippen LogP contribution in [-0.2, 0) is 15.6 Å². The van der Waals surface area contributed by atoms with Crippen LogP contribution in [0, 0.1) is 0 Å². The van der Waals surface area contributed by atoms with Gasteiger partial charge in [-0.05, 0) is 40.8 Å². The Morgan fingerprint density at radius 2 is 1.73 bits per heavy atom. The van der Waals surface area contributed by atoms with Crippen LogP contribution in [0.4, 0.5) is 11.4 Å². The third-order valence-electron chi connectivity index (χ3n) is 4.90. The zero-order valence-corrected chi connectivity index (χ0v) is 16.1. The van der Waals surface area contributed by atoms with Crippen molar-refractivity contribution in [2.75, 3.05) is 10.6 Å². The Hall–Kier alpha value is -2.62. The monoisotopic (exact) mass is 350 g/mol. The van der Waals surface area contributed by atoms with Gasteiger partial charge in [-0.2, -0.15) is 0 Å². The van der Waals surface area contributed by atoms with E-state index in [1.54, 1.807) is 0 Å². The quantitative estimate of drug-likeness (QED) is 0.813. The molecule has 0 saturated heterocycles. The van der Waals surface area contributed by atoms with Crippen LogP contribution in [0.5, 0.6) is 0 Å². The lowest BCUT2D eigenvalue weighted by molar-refractivity contribution is -0.117. The van der Waals surface area contributed by atoms with Gasteiger partial charge in [0, 0.05) is 28.8 Å². The number of benzene rings is 2. The standard InChI is InChI=1S/C22H26N2O2/c1-21(2,3)15-8-6-14(7-9-15)20(26)23-16-10-11-17-18(12-16)24-19(25)13-22(17,4)5/h6-12H,13H2,1-5H3,(H,23,26)(H,24,25). The van der Waals surface area contributed by atoms with Crippen LogP contribution >= 0.6 is 0 Å². The fraction of sp³-hybridized carbons (Fsp3) is 0.364. The normalized spacial score (nSPS) is 15.8. The number of hydrogen-bond donors (Lipinski definition) is 2. The first kappa shape index (κ1) is 18.2. The summed E-state index contributed by atoms with van der Waals surface area (Å²) in [6.45, 7) is 10.5. The fourth-order valence-electron chi connectivity index (χ4n) is 3.33. The molecule has 0 atom stereocenters. The number of rotatable bonds is 2. The smallest absolute Gasteiger partial charge is 0.255 e. The SMILES string of the molecule is CC(C)(C)c1ccc(C(=O)Nc2ccc3c(c2)NC(=O)CC3(C)C)cc1. The fourth-order valence-corrected chi connectivity index (χ4v) is 3.33. The van der Waals surface area contributed by atoms with Gasteiger partial charge in [0.05, 0.1) is 0 Å². The molecule has 0 aromatic heterocycles. The summed E-state index contributed by atoms with van der Waals surface area (Å²) in [6.07, 6.45) is 0.464. The summed E-state index contributed by atoms with van der Waals surface area (Å²) >= 11 is 0. The van der Waals surface area contributed by atoms with Gasteiger partial charge in [-0.15, -0.1) is 0 Å². The summed E-state index contributed by atoms with van der Waals surface area (Å²) < 4.78 is 0. The number of carbonyl (C=O) groups excluding carboxylic acids is 2. The molecular formula is C22H26N2O2. The van der Waals surface area contributed by atoms with E-state index in [9.17, 15) is 9.59 Å². The molecule has 0 unspecified atom stereocenters. The number of hydrogen-bond acceptors (Lipinski definition) is 2. The Bertz CT molecular complexity index is 859. The van der Waals surface area contributed by atoms with E-state index in [1.165, 1.54) is 5.56 Å². The van der Waals surface area contributed by atoms with Gasteiger partial charge in [0.15, 0.2) is 0 Å². The molecule has 0 radical (unpaired) electrons. The molecular weight excluding hydrogens is 324 g/mol. The summed E-state index contributed by atoms with van der Waals surface area (Å²) in [7, 11) is 0. The van der Waals surface area contributed by atoms with Crippen LogP contribution in [0.3, 0.4) is 0 Å². The number of carbonyl (C=O) groups is 2. The second-order valence-corrected chi connectivity index (χ2v) is 8.65. The first-order chi connectivity index (χ1) is 12.1. The molecule has 1 aliphatic rings. The van der Waals surface area contributed by atoms with Crippen molar-refractivity contribution in [2.45, 2.75) is 51.9 Å². The molecule has 1 aliphatic heterocycles. The highest BCUT2D eigenvalue weighted by molar-refractivity contribution is 6.05. The van der Waals surface area contributed by atoms with E-state index in [4.69, 9.17) is 0 Å². The molecule has 4 heteroatoms. The van der Waals surface area contributed by atoms with Crippen molar-refractivity contribution in [1.29, 1.82) is 0 Å². The van der Waals surface area contributed by atoms with Gasteiger partial charge in [0.1, 0.15) is 0 Å². The molecule has 26 heavy (non-hydrogen) atoms. The summed E-state index contributed by atoms with van der Waals surface area (Å²) in [5.41, 5.74) is 4.18. The second kappa shape index (κ2) is 6.27. The van der Waals surface area contributed by atoms with E-state index < -0.39 is 0 Å². The Kier molecular flexibility index (Phi) is 4.39. The molecule has 0 saturated carbocycles. The summed E-state index contributed by atoms with van der Waals surface area (Å²) in [5, 5.41) is 5.82. The van der Waals surface area contributed by atoms with Gasteiger partial charge in [-0.3, -0.25) is 9.59 Å². The predicted molar refractivity (Wildman–Crippen MR) is 106 cm³/mol. The average Bonchev–Trinajstić information content (AvgIpc) is 2.52. The maximum atomic E-state index is 12.5. The van der Waals surface area contributed by atoms with Gasteiger partial charge < -0.3 is 10.6 Å². The van der Waals surface area contributed by atoms with Crippen molar-refractivity contribution in [2.24, 2.45) is 0 Å². The Labute approximate surface area is 155 Å². The molecule has 2 amide bonds. The van der Waals surface area contributed by atoms with Gasteiger partial charge in [0.2, 0.25) is 5.91 Å². The first-order valence-corrected chi connectivity index (χ1v) is 8.92. The molecule has 0 spiro atoms. The van der Waals surface area contributed by atoms with E-state index in [-0.39, 0.29) is 22.6 Å². The van der Waals surface area contributed by atoms with Gasteiger partial charge in [-0.25, -0.2) is 0 Å². The summed E-state index contributed by atoms with van der Waals surface area (Å²) in [5.74, 6) is -0.157. The van der Waals surface area contributed by atoms with Crippen LogP contribution in [0.2, 0.25) is 0 Å². The summed E-state index contributed by atoms with van der Waals surface area (Å²) in [4.78, 5) is 24.4. The Balaban J connectivity index is 1.80. The van der Waals surface area contributed by atoms with Gasteiger partial charge >= 0.3 is 0 Å². The van der Waals surface area contributed by atoms with E-state index in [1.807, 2.05) is 42.5 Å². The molecule has 0 bridgehead atoms. The highest BCUT2D eigenvalue weighted by Gasteiger charge is 2.31. The topological polar surface area (TPSA) is 58.2 Å². The predicted octanol–water partition coefficient (Wildman–Crippen LogP) is 4.86. The molecule has 1 heterocycles. The maximum Gasteiger partial charge on any atom is 0.255 e. The number of fused-ring (bicyclic) bond motifs is 1. The van der Waals surface area contributed by atoms with Crippen LogP contribution in [0.15, 0.2) is 42.5 Å². The highest BCUT2D eigenvalue weighted by atomic mass is 16.2. The Morgan fingerprint density at radius 3 is 2.35 bits per heavy atom. The van der Waals surface area contributed by atoms with Crippen LogP contribution in [-0.4, -0.2) is 11.8 Å². The van der Waals surface area contributed by atoms with E-state index in [0.717, 1.165) is 11.3 Å². The highest BCUT2D eigenvalue weighted by Crippen LogP contribution is 2.38. The van der Waals surface area contributed by atoms with E-state index >= 15 is 0 Å². The molecule has 4 nitrogen and oxygen atoms in total. The van der Waals surface area contributed by atoms with Crippen molar-refractivity contribution < 1.29 is 9.59 Å².